The van der Waals surface area contributed by atoms with Crippen molar-refractivity contribution in [2.75, 3.05) is 51.8 Å². The number of rotatable bonds is 8. The van der Waals surface area contributed by atoms with E-state index in [1.165, 1.54) is 22.9 Å². The van der Waals surface area contributed by atoms with E-state index in [2.05, 4.69) is 9.88 Å². The van der Waals surface area contributed by atoms with Crippen LogP contribution in [0.1, 0.15) is 17.2 Å². The summed E-state index contributed by atoms with van der Waals surface area (Å²) in [6.07, 6.45) is 4.76. The van der Waals surface area contributed by atoms with Gasteiger partial charge in [0.05, 0.1) is 36.0 Å². The quantitative estimate of drug-likeness (QED) is 0.245. The van der Waals surface area contributed by atoms with Gasteiger partial charge in [0.25, 0.3) is 15.6 Å². The number of morpholine rings is 1. The highest BCUT2D eigenvalue weighted by Gasteiger charge is 2.25. The van der Waals surface area contributed by atoms with E-state index in [1.54, 1.807) is 42.7 Å². The van der Waals surface area contributed by atoms with Gasteiger partial charge in [-0.15, -0.1) is 0 Å². The van der Waals surface area contributed by atoms with E-state index in [-0.39, 0.29) is 16.1 Å². The molecule has 0 N–H and O–H groups in total. The third-order valence-corrected chi connectivity index (χ3v) is 9.68. The number of aromatic nitrogens is 3. The van der Waals surface area contributed by atoms with Gasteiger partial charge in [-0.2, -0.15) is 0 Å². The maximum atomic E-state index is 14.2. The lowest BCUT2D eigenvalue weighted by Gasteiger charge is -2.28. The van der Waals surface area contributed by atoms with Crippen LogP contribution in [0.5, 0.6) is 0 Å². The number of aryl methyl sites for hydroxylation is 1. The van der Waals surface area contributed by atoms with Gasteiger partial charge in [0.2, 0.25) is 0 Å². The molecule has 1 unspecified atom stereocenters. The first kappa shape index (κ1) is 30.6. The summed E-state index contributed by atoms with van der Waals surface area (Å²) >= 11 is 0. The molecule has 0 radical (unpaired) electrons. The molecular weight excluding hydrogens is 600 g/mol. The van der Waals surface area contributed by atoms with Crippen LogP contribution < -0.4 is 10.5 Å². The van der Waals surface area contributed by atoms with E-state index in [9.17, 15) is 22.0 Å². The van der Waals surface area contributed by atoms with Gasteiger partial charge >= 0.3 is 0 Å². The van der Waals surface area contributed by atoms with E-state index in [0.717, 1.165) is 27.4 Å². The number of halogens is 2. The predicted molar refractivity (Wildman–Crippen MR) is 169 cm³/mol. The molecule has 3 aromatic heterocycles. The van der Waals surface area contributed by atoms with Crippen molar-refractivity contribution in [3.8, 4) is 11.1 Å². The number of likely N-dealkylation sites (N-methyl/N-ethyl adjacent to an activating group) is 1. The Morgan fingerprint density at radius 3 is 2.38 bits per heavy atom. The van der Waals surface area contributed by atoms with Crippen LogP contribution in [-0.2, 0) is 14.8 Å². The number of ether oxygens (including phenoxy) is 1. The minimum atomic E-state index is -4.03. The summed E-state index contributed by atoms with van der Waals surface area (Å²) in [4.78, 5) is 22.4. The molecule has 1 aliphatic heterocycles. The summed E-state index contributed by atoms with van der Waals surface area (Å²) in [6, 6.07) is 14.7. The number of hydrogen-bond donors (Lipinski definition) is 0. The Kier molecular flexibility index (Phi) is 8.29. The summed E-state index contributed by atoms with van der Waals surface area (Å²) in [5, 5.41) is 0.567. The van der Waals surface area contributed by atoms with Gasteiger partial charge in [-0.1, -0.05) is 23.8 Å². The number of hydrogen-bond acceptors (Lipinski definition) is 7. The second-order valence-electron chi connectivity index (χ2n) is 11.4. The van der Waals surface area contributed by atoms with Gasteiger partial charge in [0, 0.05) is 49.0 Å². The third-order valence-electron chi connectivity index (χ3n) is 8.01. The molecule has 0 saturated carbocycles. The Labute approximate surface area is 260 Å². The van der Waals surface area contributed by atoms with Crippen molar-refractivity contribution in [3.63, 3.8) is 0 Å². The molecule has 1 aliphatic rings. The number of benzene rings is 2. The minimum absolute atomic E-state index is 0.115. The molecule has 1 fully saturated rings. The lowest BCUT2D eigenvalue weighted by Crippen LogP contribution is -2.36. The summed E-state index contributed by atoms with van der Waals surface area (Å²) in [5.41, 5.74) is 3.05. The van der Waals surface area contributed by atoms with Crippen molar-refractivity contribution < 1.29 is 21.9 Å². The van der Waals surface area contributed by atoms with Gasteiger partial charge in [0.15, 0.2) is 17.3 Å². The van der Waals surface area contributed by atoms with Crippen LogP contribution in [0.4, 0.5) is 14.5 Å². The number of anilines is 1. The highest BCUT2D eigenvalue weighted by atomic mass is 32.2. The molecule has 12 heteroatoms. The molecule has 5 aromatic rings. The zero-order chi connectivity index (χ0) is 31.9. The molecule has 1 saturated heterocycles. The monoisotopic (exact) mass is 633 g/mol. The van der Waals surface area contributed by atoms with E-state index in [4.69, 9.17) is 4.74 Å². The van der Waals surface area contributed by atoms with Crippen molar-refractivity contribution in [3.05, 3.63) is 112 Å². The molecule has 1 atom stereocenters. The highest BCUT2D eigenvalue weighted by Crippen LogP contribution is 2.34. The summed E-state index contributed by atoms with van der Waals surface area (Å²) in [6.45, 7) is 4.70. The second kappa shape index (κ2) is 12.2. The van der Waals surface area contributed by atoms with Crippen LogP contribution in [0.3, 0.4) is 0 Å². The molecular formula is C33H33F2N5O4S. The summed E-state index contributed by atoms with van der Waals surface area (Å²) in [5.74, 6) is -1.96. The fourth-order valence-electron chi connectivity index (χ4n) is 5.63. The SMILES string of the molecule is Cc1ccc(S(=O)(=O)n2cc(-c3ccn(C(CN(C)C)c4ccc(F)c(F)c4)c(=O)c3)c3cc(N4CCOCC4)cnc32)cc1. The molecule has 0 bridgehead atoms. The Morgan fingerprint density at radius 1 is 0.978 bits per heavy atom. The van der Waals surface area contributed by atoms with Crippen molar-refractivity contribution in [2.45, 2.75) is 17.9 Å². The number of nitrogens with zero attached hydrogens (tertiary/aromatic N) is 5. The van der Waals surface area contributed by atoms with E-state index >= 15 is 0 Å². The molecule has 9 nitrogen and oxygen atoms in total. The van der Waals surface area contributed by atoms with Gasteiger partial charge < -0.3 is 19.1 Å². The van der Waals surface area contributed by atoms with Crippen molar-refractivity contribution in [2.24, 2.45) is 0 Å². The Bertz CT molecular complexity index is 2040. The molecule has 6 rings (SSSR count). The van der Waals surface area contributed by atoms with Gasteiger partial charge in [-0.05, 0) is 68.5 Å². The summed E-state index contributed by atoms with van der Waals surface area (Å²) < 4.78 is 63.8. The molecule has 0 aliphatic carbocycles. The third kappa shape index (κ3) is 6.00. The second-order valence-corrected chi connectivity index (χ2v) is 13.2. The zero-order valence-electron chi connectivity index (χ0n) is 25.2. The van der Waals surface area contributed by atoms with Crippen LogP contribution in [0.2, 0.25) is 0 Å². The first-order chi connectivity index (χ1) is 21.5. The first-order valence-electron chi connectivity index (χ1n) is 14.5. The standard InChI is InChI=1S/C33H33F2N5O4S/c1-22-4-7-26(8-5-22)45(42,43)40-20-28(27-18-25(19-36-33(27)40)38-12-14-44-15-13-38)23-10-11-39(32(41)17-23)31(21-37(2)3)24-6-9-29(34)30(35)16-24/h4-11,16-20,31H,12-15,21H2,1-3H3. The lowest BCUT2D eigenvalue weighted by atomic mass is 10.0. The zero-order valence-corrected chi connectivity index (χ0v) is 26.0. The van der Waals surface area contributed by atoms with Gasteiger partial charge in [-0.3, -0.25) is 4.79 Å². The highest BCUT2D eigenvalue weighted by molar-refractivity contribution is 7.90. The molecule has 4 heterocycles. The normalized spacial score (nSPS) is 14.8. The predicted octanol–water partition coefficient (Wildman–Crippen LogP) is 4.68. The number of pyridine rings is 2. The molecule has 0 amide bonds. The lowest BCUT2D eigenvalue weighted by molar-refractivity contribution is 0.122. The van der Waals surface area contributed by atoms with Crippen molar-refractivity contribution >= 4 is 26.7 Å². The number of fused-ring (bicyclic) bond motifs is 1. The van der Waals surface area contributed by atoms with Crippen molar-refractivity contribution in [1.82, 2.24) is 18.4 Å². The Hall–Kier alpha value is -4.39. The average Bonchev–Trinajstić information content (AvgIpc) is 3.42. The van der Waals surface area contributed by atoms with Gasteiger partial charge in [0.1, 0.15) is 0 Å². The van der Waals surface area contributed by atoms with Crippen LogP contribution in [-0.4, -0.2) is 73.8 Å². The van der Waals surface area contributed by atoms with E-state index in [1.807, 2.05) is 32.0 Å². The largest absolute Gasteiger partial charge is 0.378 e. The Morgan fingerprint density at radius 2 is 1.71 bits per heavy atom. The van der Waals surface area contributed by atoms with Crippen LogP contribution in [0.15, 0.2) is 88.9 Å². The topological polar surface area (TPSA) is 89.7 Å². The molecule has 45 heavy (non-hydrogen) atoms. The van der Waals surface area contributed by atoms with E-state index in [0.29, 0.717) is 54.9 Å². The molecule has 234 valence electrons. The van der Waals surface area contributed by atoms with Crippen LogP contribution in [0, 0.1) is 18.6 Å². The van der Waals surface area contributed by atoms with E-state index < -0.39 is 27.7 Å². The van der Waals surface area contributed by atoms with Crippen molar-refractivity contribution in [1.29, 1.82) is 0 Å². The fraction of sp³-hybridized carbons (Fsp3) is 0.273. The summed E-state index contributed by atoms with van der Waals surface area (Å²) in [7, 11) is -0.374. The average molecular weight is 634 g/mol. The minimum Gasteiger partial charge on any atom is -0.378 e. The van der Waals surface area contributed by atoms with Crippen LogP contribution >= 0.6 is 0 Å². The van der Waals surface area contributed by atoms with Crippen LogP contribution in [0.25, 0.3) is 22.2 Å². The first-order valence-corrected chi connectivity index (χ1v) is 16.0. The fourth-order valence-corrected chi connectivity index (χ4v) is 6.96. The Balaban J connectivity index is 1.50. The molecule has 2 aromatic carbocycles. The maximum absolute atomic E-state index is 14.2. The maximum Gasteiger partial charge on any atom is 0.269 e. The smallest absolute Gasteiger partial charge is 0.269 e. The van der Waals surface area contributed by atoms with Gasteiger partial charge in [-0.25, -0.2) is 26.2 Å². The molecule has 0 spiro atoms.